The molecule has 0 saturated carbocycles. The van der Waals surface area contributed by atoms with Gasteiger partial charge in [0.1, 0.15) is 5.69 Å². The number of H-pyrrole nitrogens is 1. The second kappa shape index (κ2) is 8.37. The van der Waals surface area contributed by atoms with Crippen molar-refractivity contribution in [1.82, 2.24) is 25.0 Å². The largest absolute Gasteiger partial charge is 0.383 e. The van der Waals surface area contributed by atoms with Crippen LogP contribution in [-0.2, 0) is 17.8 Å². The van der Waals surface area contributed by atoms with Crippen LogP contribution < -0.4 is 5.32 Å². The molecule has 0 radical (unpaired) electrons. The molecule has 3 aromatic heterocycles. The minimum Gasteiger partial charge on any atom is -0.383 e. The molecule has 0 amide bonds. The number of aryl methyl sites for hydroxylation is 1. The highest BCUT2D eigenvalue weighted by Crippen LogP contribution is 2.32. The van der Waals surface area contributed by atoms with Crippen molar-refractivity contribution in [3.63, 3.8) is 0 Å². The van der Waals surface area contributed by atoms with E-state index in [0.29, 0.717) is 13.2 Å². The van der Waals surface area contributed by atoms with E-state index < -0.39 is 0 Å². The summed E-state index contributed by atoms with van der Waals surface area (Å²) in [6.07, 6.45) is 3.83. The second-order valence-electron chi connectivity index (χ2n) is 6.38. The number of nitrogens with one attached hydrogen (secondary N) is 2. The molecular formula is C20H22N6OS. The van der Waals surface area contributed by atoms with Crippen LogP contribution in [0.25, 0.3) is 21.8 Å². The maximum Gasteiger partial charge on any atom is 0.183 e. The molecule has 144 valence electrons. The molecule has 0 atom stereocenters. The number of hydrogen-bond donors (Lipinski definition) is 2. The number of ether oxygens (including phenoxy) is 1. The first-order valence-electron chi connectivity index (χ1n) is 9.06. The first-order chi connectivity index (χ1) is 13.7. The van der Waals surface area contributed by atoms with Crippen LogP contribution in [0, 0.1) is 6.92 Å². The van der Waals surface area contributed by atoms with Gasteiger partial charge in [0.05, 0.1) is 35.6 Å². The van der Waals surface area contributed by atoms with Crippen LogP contribution in [0.15, 0.2) is 48.8 Å². The van der Waals surface area contributed by atoms with Gasteiger partial charge in [0.15, 0.2) is 5.13 Å². The van der Waals surface area contributed by atoms with Crippen molar-refractivity contribution in [3.8, 4) is 21.8 Å². The van der Waals surface area contributed by atoms with E-state index >= 15 is 0 Å². The summed E-state index contributed by atoms with van der Waals surface area (Å²) in [6, 6.07) is 12.2. The summed E-state index contributed by atoms with van der Waals surface area (Å²) in [5.41, 5.74) is 5.16. The fraction of sp³-hybridized carbons (Fsp3) is 0.250. The first-order valence-corrected chi connectivity index (χ1v) is 9.88. The number of hydrogen-bond acceptors (Lipinski definition) is 6. The van der Waals surface area contributed by atoms with E-state index in [4.69, 9.17) is 4.74 Å². The van der Waals surface area contributed by atoms with Crippen molar-refractivity contribution in [2.24, 2.45) is 0 Å². The van der Waals surface area contributed by atoms with Gasteiger partial charge in [-0.1, -0.05) is 41.7 Å². The molecule has 8 heteroatoms. The molecule has 3 heterocycles. The molecule has 2 N–H and O–H groups in total. The van der Waals surface area contributed by atoms with Gasteiger partial charge in [0.2, 0.25) is 0 Å². The van der Waals surface area contributed by atoms with E-state index in [1.54, 1.807) is 18.4 Å². The van der Waals surface area contributed by atoms with Crippen LogP contribution in [0.3, 0.4) is 0 Å². The summed E-state index contributed by atoms with van der Waals surface area (Å²) < 4.78 is 7.00. The van der Waals surface area contributed by atoms with Gasteiger partial charge in [-0.3, -0.25) is 9.78 Å². The van der Waals surface area contributed by atoms with Gasteiger partial charge >= 0.3 is 0 Å². The number of methoxy groups -OCH3 is 1. The molecular weight excluding hydrogens is 372 g/mol. The van der Waals surface area contributed by atoms with Crippen molar-refractivity contribution in [1.29, 1.82) is 0 Å². The third-order valence-corrected chi connectivity index (χ3v) is 5.54. The Hall–Kier alpha value is -2.97. The van der Waals surface area contributed by atoms with Crippen molar-refractivity contribution in [2.75, 3.05) is 19.0 Å². The van der Waals surface area contributed by atoms with E-state index in [0.717, 1.165) is 44.8 Å². The number of aromatic nitrogens is 5. The van der Waals surface area contributed by atoms with Gasteiger partial charge in [0.25, 0.3) is 0 Å². The van der Waals surface area contributed by atoms with Gasteiger partial charge < -0.3 is 10.1 Å². The van der Waals surface area contributed by atoms with Gasteiger partial charge in [0, 0.05) is 25.4 Å². The van der Waals surface area contributed by atoms with Crippen LogP contribution in [-0.4, -0.2) is 38.7 Å². The van der Waals surface area contributed by atoms with Crippen LogP contribution in [0.5, 0.6) is 0 Å². The number of benzene rings is 1. The predicted molar refractivity (Wildman–Crippen MR) is 111 cm³/mol. The normalized spacial score (nSPS) is 11.1. The van der Waals surface area contributed by atoms with Crippen molar-refractivity contribution >= 4 is 16.5 Å². The van der Waals surface area contributed by atoms with Gasteiger partial charge in [-0.05, 0) is 18.6 Å². The highest BCUT2D eigenvalue weighted by atomic mass is 32.1. The zero-order valence-corrected chi connectivity index (χ0v) is 16.7. The van der Waals surface area contributed by atoms with E-state index in [1.165, 1.54) is 0 Å². The Morgan fingerprint density at radius 3 is 2.89 bits per heavy atom. The van der Waals surface area contributed by atoms with Gasteiger partial charge in [-0.2, -0.15) is 10.2 Å². The summed E-state index contributed by atoms with van der Waals surface area (Å²) in [5.74, 6) is 0. The minimum atomic E-state index is 0.643. The molecule has 0 aliphatic heterocycles. The van der Waals surface area contributed by atoms with Crippen LogP contribution in [0.4, 0.5) is 5.13 Å². The molecule has 1 aromatic carbocycles. The number of aromatic amines is 1. The summed E-state index contributed by atoms with van der Waals surface area (Å²) in [5, 5.41) is 16.2. The van der Waals surface area contributed by atoms with Crippen molar-refractivity contribution in [3.05, 3.63) is 60.0 Å². The minimum absolute atomic E-state index is 0.643. The predicted octanol–water partition coefficient (Wildman–Crippen LogP) is 3.96. The molecule has 0 spiro atoms. The average molecular weight is 395 g/mol. The molecule has 7 nitrogen and oxygen atoms in total. The Morgan fingerprint density at radius 2 is 2.07 bits per heavy atom. The summed E-state index contributed by atoms with van der Waals surface area (Å²) in [7, 11) is 1.69. The van der Waals surface area contributed by atoms with Crippen LogP contribution in [0.1, 0.15) is 11.3 Å². The quantitative estimate of drug-likeness (QED) is 0.473. The topological polar surface area (TPSA) is 80.6 Å². The lowest BCUT2D eigenvalue weighted by atomic mass is 10.1. The molecule has 0 saturated heterocycles. The highest BCUT2D eigenvalue weighted by Gasteiger charge is 2.13. The number of nitrogens with zero attached hydrogens (tertiary/aromatic N) is 4. The Morgan fingerprint density at radius 1 is 1.21 bits per heavy atom. The summed E-state index contributed by atoms with van der Waals surface area (Å²) >= 11 is 1.61. The molecule has 0 unspecified atom stereocenters. The fourth-order valence-electron chi connectivity index (χ4n) is 2.97. The standard InChI is InChI=1S/C20H22N6OS/c1-14-19(17-8-9-26(25-17)10-11-27-2)28-20(23-14)21-12-16-13-22-24-18(16)15-6-4-3-5-7-15/h3-9,13H,10-12H2,1-2H3,(H,21,23)(H,22,24). The van der Waals surface area contributed by atoms with E-state index in [-0.39, 0.29) is 0 Å². The fourth-order valence-corrected chi connectivity index (χ4v) is 3.90. The smallest absolute Gasteiger partial charge is 0.183 e. The third kappa shape index (κ3) is 3.97. The summed E-state index contributed by atoms with van der Waals surface area (Å²) in [6.45, 7) is 4.04. The molecule has 0 fully saturated rings. The lowest BCUT2D eigenvalue weighted by molar-refractivity contribution is 0.183. The highest BCUT2D eigenvalue weighted by molar-refractivity contribution is 7.19. The Balaban J connectivity index is 1.47. The zero-order valence-electron chi connectivity index (χ0n) is 15.8. The third-order valence-electron chi connectivity index (χ3n) is 4.40. The Labute approximate surface area is 167 Å². The molecule has 28 heavy (non-hydrogen) atoms. The number of rotatable bonds is 8. The SMILES string of the molecule is COCCn1ccc(-c2sc(NCc3cn[nH]c3-c3ccccc3)nc2C)n1. The van der Waals surface area contributed by atoms with Crippen molar-refractivity contribution < 1.29 is 4.74 Å². The molecule has 4 aromatic rings. The van der Waals surface area contributed by atoms with Crippen LogP contribution >= 0.6 is 11.3 Å². The lowest BCUT2D eigenvalue weighted by Crippen LogP contribution is -2.04. The average Bonchev–Trinajstić information content (AvgIpc) is 3.45. The molecule has 0 bridgehead atoms. The van der Waals surface area contributed by atoms with E-state index in [1.807, 2.05) is 48.3 Å². The first kappa shape index (κ1) is 18.4. The maximum atomic E-state index is 5.11. The zero-order chi connectivity index (χ0) is 19.3. The van der Waals surface area contributed by atoms with Crippen molar-refractivity contribution in [2.45, 2.75) is 20.0 Å². The second-order valence-corrected chi connectivity index (χ2v) is 7.38. The lowest BCUT2D eigenvalue weighted by Gasteiger charge is -2.04. The summed E-state index contributed by atoms with van der Waals surface area (Å²) in [4.78, 5) is 5.74. The number of thiazole rings is 1. The number of anilines is 1. The molecule has 0 aliphatic carbocycles. The van der Waals surface area contributed by atoms with E-state index in [2.05, 4.69) is 37.7 Å². The Bertz CT molecular complexity index is 1040. The van der Waals surface area contributed by atoms with E-state index in [9.17, 15) is 0 Å². The monoisotopic (exact) mass is 394 g/mol. The maximum absolute atomic E-state index is 5.11. The van der Waals surface area contributed by atoms with Crippen LogP contribution in [0.2, 0.25) is 0 Å². The Kier molecular flexibility index (Phi) is 5.50. The molecule has 0 aliphatic rings. The van der Waals surface area contributed by atoms with Gasteiger partial charge in [-0.15, -0.1) is 0 Å². The van der Waals surface area contributed by atoms with Gasteiger partial charge in [-0.25, -0.2) is 4.98 Å². The molecule has 4 rings (SSSR count).